The highest BCUT2D eigenvalue weighted by molar-refractivity contribution is 5.91. The fourth-order valence-corrected chi connectivity index (χ4v) is 4.23. The molecule has 0 spiro atoms. The fraction of sp³-hybridized carbons (Fsp3) is 0.320. The molecular weight excluding hydrogens is 388 g/mol. The topological polar surface area (TPSA) is 53.2 Å². The monoisotopic (exact) mass is 419 g/mol. The third kappa shape index (κ3) is 5.09. The van der Waals surface area contributed by atoms with E-state index in [0.29, 0.717) is 12.3 Å². The molecule has 1 atom stereocenters. The Morgan fingerprint density at radius 3 is 2.35 bits per heavy atom. The lowest BCUT2D eigenvalue weighted by atomic mass is 10.0. The van der Waals surface area contributed by atoms with E-state index in [1.165, 1.54) is 28.1 Å². The lowest BCUT2D eigenvalue weighted by Crippen LogP contribution is -3.15. The van der Waals surface area contributed by atoms with Gasteiger partial charge >= 0.3 is 0 Å². The first kappa shape index (κ1) is 21.0. The molecule has 1 aliphatic heterocycles. The Bertz CT molecular complexity index is 947. The van der Waals surface area contributed by atoms with Crippen molar-refractivity contribution in [3.05, 3.63) is 84.3 Å². The molecule has 1 amide bonds. The number of rotatable bonds is 7. The van der Waals surface area contributed by atoms with Gasteiger partial charge in [0.15, 0.2) is 5.76 Å². The highest BCUT2D eigenvalue weighted by atomic mass is 16.3. The highest BCUT2D eigenvalue weighted by Gasteiger charge is 2.29. The van der Waals surface area contributed by atoms with Gasteiger partial charge in [0, 0.05) is 31.0 Å². The Balaban J connectivity index is 1.47. The van der Waals surface area contributed by atoms with Gasteiger partial charge in [0.1, 0.15) is 6.04 Å². The zero-order valence-corrected chi connectivity index (χ0v) is 18.3. The molecule has 162 valence electrons. The highest BCUT2D eigenvalue weighted by Crippen LogP contribution is 2.18. The van der Waals surface area contributed by atoms with Gasteiger partial charge in [-0.15, -0.1) is 0 Å². The molecule has 31 heavy (non-hydrogen) atoms. The van der Waals surface area contributed by atoms with Crippen LogP contribution in [-0.4, -0.2) is 52.7 Å². The predicted octanol–water partition coefficient (Wildman–Crippen LogP) is 2.22. The summed E-state index contributed by atoms with van der Waals surface area (Å²) >= 11 is 0. The summed E-state index contributed by atoms with van der Waals surface area (Å²) in [7, 11) is 4.09. The van der Waals surface area contributed by atoms with E-state index in [9.17, 15) is 4.79 Å². The Kier molecular flexibility index (Phi) is 6.57. The molecule has 3 aromatic rings. The van der Waals surface area contributed by atoms with Gasteiger partial charge in [-0.1, -0.05) is 30.3 Å². The fourth-order valence-electron chi connectivity index (χ4n) is 4.23. The number of anilines is 2. The summed E-state index contributed by atoms with van der Waals surface area (Å²) in [5, 5.41) is 3.08. The second kappa shape index (κ2) is 9.71. The predicted molar refractivity (Wildman–Crippen MR) is 124 cm³/mol. The minimum atomic E-state index is -0.165. The van der Waals surface area contributed by atoms with Gasteiger partial charge in [-0.3, -0.25) is 4.79 Å². The zero-order valence-electron chi connectivity index (χ0n) is 18.3. The minimum absolute atomic E-state index is 0.165. The summed E-state index contributed by atoms with van der Waals surface area (Å²) in [6.45, 7) is 4.61. The van der Waals surface area contributed by atoms with E-state index in [1.807, 2.05) is 14.1 Å². The van der Waals surface area contributed by atoms with Crippen LogP contribution in [0.3, 0.4) is 0 Å². The van der Waals surface area contributed by atoms with Gasteiger partial charge in [-0.25, -0.2) is 0 Å². The Labute approximate surface area is 184 Å². The number of hydrogen-bond donors (Lipinski definition) is 2. The van der Waals surface area contributed by atoms with Crippen LogP contribution < -0.4 is 20.0 Å². The molecular formula is C25H31N4O2+. The molecule has 4 rings (SSSR count). The summed E-state index contributed by atoms with van der Waals surface area (Å²) in [6.07, 6.45) is 1.53. The van der Waals surface area contributed by atoms with Gasteiger partial charge in [0.05, 0.1) is 39.0 Å². The Hall–Kier alpha value is -3.25. The van der Waals surface area contributed by atoms with E-state index in [-0.39, 0.29) is 11.9 Å². The molecule has 6 nitrogen and oxygen atoms in total. The van der Waals surface area contributed by atoms with Gasteiger partial charge in [0.25, 0.3) is 5.91 Å². The maximum absolute atomic E-state index is 12.5. The summed E-state index contributed by atoms with van der Waals surface area (Å²) < 4.78 is 5.25. The average Bonchev–Trinajstić information content (AvgIpc) is 3.36. The van der Waals surface area contributed by atoms with Crippen molar-refractivity contribution in [3.8, 4) is 0 Å². The third-order valence-electron chi connectivity index (χ3n) is 6.04. The molecule has 1 saturated heterocycles. The number of amides is 1. The number of para-hydroxylation sites is 1. The van der Waals surface area contributed by atoms with Crippen LogP contribution in [0.2, 0.25) is 0 Å². The third-order valence-corrected chi connectivity index (χ3v) is 6.04. The molecule has 6 heteroatoms. The standard InChI is InChI=1S/C25H30N4O2/c1-27(2)21-12-10-20(11-13-21)23(19-26-25(30)24-9-6-18-31-24)29-16-14-28(15-17-29)22-7-4-3-5-8-22/h3-13,18,23H,14-17,19H2,1-2H3,(H,26,30)/p+1/t23-/m1/s1. The quantitative estimate of drug-likeness (QED) is 0.617. The van der Waals surface area contributed by atoms with E-state index in [0.717, 1.165) is 26.2 Å². The SMILES string of the molecule is CN(C)c1ccc([C@@H](CNC(=O)c2ccco2)[NH+]2CCN(c3ccccc3)CC2)cc1. The van der Waals surface area contributed by atoms with Gasteiger partial charge < -0.3 is 24.4 Å². The number of hydrogen-bond acceptors (Lipinski definition) is 4. The van der Waals surface area contributed by atoms with E-state index in [4.69, 9.17) is 4.42 Å². The molecule has 0 bridgehead atoms. The molecule has 2 N–H and O–H groups in total. The number of nitrogens with one attached hydrogen (secondary N) is 2. The zero-order chi connectivity index (χ0) is 21.6. The number of quaternary nitrogens is 1. The van der Waals surface area contributed by atoms with Crippen molar-refractivity contribution in [3.63, 3.8) is 0 Å². The Morgan fingerprint density at radius 2 is 1.74 bits per heavy atom. The first-order valence-corrected chi connectivity index (χ1v) is 10.9. The number of carbonyl (C=O) groups excluding carboxylic acids is 1. The molecule has 0 radical (unpaired) electrons. The van der Waals surface area contributed by atoms with Crippen molar-refractivity contribution in [2.45, 2.75) is 6.04 Å². The van der Waals surface area contributed by atoms with Crippen LogP contribution in [0.1, 0.15) is 22.2 Å². The lowest BCUT2D eigenvalue weighted by molar-refractivity contribution is -0.931. The van der Waals surface area contributed by atoms with Gasteiger partial charge in [-0.05, 0) is 36.4 Å². The van der Waals surface area contributed by atoms with Crippen LogP contribution >= 0.6 is 0 Å². The molecule has 0 aliphatic carbocycles. The Morgan fingerprint density at radius 1 is 1.03 bits per heavy atom. The van der Waals surface area contributed by atoms with Crippen molar-refractivity contribution >= 4 is 17.3 Å². The summed E-state index contributed by atoms with van der Waals surface area (Å²) in [5.41, 5.74) is 3.69. The molecule has 1 aromatic heterocycles. The normalized spacial score (nSPS) is 15.5. The average molecular weight is 420 g/mol. The molecule has 0 saturated carbocycles. The van der Waals surface area contributed by atoms with Crippen LogP contribution in [0.4, 0.5) is 11.4 Å². The van der Waals surface area contributed by atoms with Crippen LogP contribution in [0.15, 0.2) is 77.4 Å². The molecule has 1 fully saturated rings. The summed E-state index contributed by atoms with van der Waals surface area (Å²) in [6, 6.07) is 22.9. The smallest absolute Gasteiger partial charge is 0.287 e. The van der Waals surface area contributed by atoms with Crippen LogP contribution in [0, 0.1) is 0 Å². The maximum atomic E-state index is 12.5. The molecule has 2 heterocycles. The molecule has 1 aliphatic rings. The number of carbonyl (C=O) groups is 1. The number of nitrogens with zero attached hydrogens (tertiary/aromatic N) is 2. The first-order valence-electron chi connectivity index (χ1n) is 10.9. The largest absolute Gasteiger partial charge is 0.459 e. The van der Waals surface area contributed by atoms with Crippen molar-refractivity contribution in [2.24, 2.45) is 0 Å². The molecule has 2 aromatic carbocycles. The number of furan rings is 1. The summed E-state index contributed by atoms with van der Waals surface area (Å²) in [4.78, 5) is 18.5. The summed E-state index contributed by atoms with van der Waals surface area (Å²) in [5.74, 6) is 0.188. The maximum Gasteiger partial charge on any atom is 0.287 e. The van der Waals surface area contributed by atoms with E-state index >= 15 is 0 Å². The van der Waals surface area contributed by atoms with Crippen LogP contribution in [0.25, 0.3) is 0 Å². The van der Waals surface area contributed by atoms with Crippen molar-refractivity contribution in [1.82, 2.24) is 5.32 Å². The molecule has 0 unspecified atom stereocenters. The van der Waals surface area contributed by atoms with E-state index < -0.39 is 0 Å². The van der Waals surface area contributed by atoms with Crippen molar-refractivity contribution in [1.29, 1.82) is 0 Å². The number of piperazine rings is 1. The van der Waals surface area contributed by atoms with Crippen LogP contribution in [0.5, 0.6) is 0 Å². The van der Waals surface area contributed by atoms with Crippen molar-refractivity contribution in [2.75, 3.05) is 56.6 Å². The second-order valence-corrected chi connectivity index (χ2v) is 8.21. The minimum Gasteiger partial charge on any atom is -0.459 e. The van der Waals surface area contributed by atoms with Gasteiger partial charge in [0.2, 0.25) is 0 Å². The second-order valence-electron chi connectivity index (χ2n) is 8.21. The van der Waals surface area contributed by atoms with Gasteiger partial charge in [-0.2, -0.15) is 0 Å². The first-order chi connectivity index (χ1) is 15.1. The van der Waals surface area contributed by atoms with E-state index in [1.54, 1.807) is 12.1 Å². The lowest BCUT2D eigenvalue weighted by Gasteiger charge is -2.38. The number of benzene rings is 2. The van der Waals surface area contributed by atoms with Crippen molar-refractivity contribution < 1.29 is 14.1 Å². The van der Waals surface area contributed by atoms with Crippen LogP contribution in [-0.2, 0) is 0 Å². The van der Waals surface area contributed by atoms with E-state index in [2.05, 4.69) is 69.7 Å².